The SMILES string of the molecule is O=C(O)Cc1ccc2[nH]c(=O)n(C3CC3)c2c1. The fraction of sp³-hybridized carbons (Fsp3) is 0.333. The van der Waals surface area contributed by atoms with E-state index in [4.69, 9.17) is 5.11 Å². The van der Waals surface area contributed by atoms with Crippen molar-refractivity contribution in [1.82, 2.24) is 9.55 Å². The first-order chi connectivity index (χ1) is 8.15. The summed E-state index contributed by atoms with van der Waals surface area (Å²) >= 11 is 0. The average Bonchev–Trinajstić information content (AvgIpc) is 3.01. The number of H-pyrrole nitrogens is 1. The quantitative estimate of drug-likeness (QED) is 0.837. The number of nitrogens with zero attached hydrogens (tertiary/aromatic N) is 1. The van der Waals surface area contributed by atoms with Crippen LogP contribution in [0.2, 0.25) is 0 Å². The first kappa shape index (κ1) is 10.1. The van der Waals surface area contributed by atoms with E-state index in [0.29, 0.717) is 0 Å². The highest BCUT2D eigenvalue weighted by molar-refractivity contribution is 5.78. The summed E-state index contributed by atoms with van der Waals surface area (Å²) in [5.74, 6) is -0.861. The second-order valence-corrected chi connectivity index (χ2v) is 4.45. The number of rotatable bonds is 3. The number of benzene rings is 1. The van der Waals surface area contributed by atoms with Gasteiger partial charge >= 0.3 is 11.7 Å². The molecule has 0 unspecified atom stereocenters. The molecule has 0 amide bonds. The molecule has 5 heteroatoms. The largest absolute Gasteiger partial charge is 0.481 e. The van der Waals surface area contributed by atoms with Gasteiger partial charge in [0.15, 0.2) is 0 Å². The van der Waals surface area contributed by atoms with E-state index in [-0.39, 0.29) is 18.2 Å². The Labute approximate surface area is 96.7 Å². The maximum atomic E-state index is 11.7. The zero-order valence-corrected chi connectivity index (χ0v) is 9.14. The van der Waals surface area contributed by atoms with Gasteiger partial charge in [0, 0.05) is 6.04 Å². The van der Waals surface area contributed by atoms with Gasteiger partial charge in [0.05, 0.1) is 17.5 Å². The number of carbonyl (C=O) groups is 1. The Morgan fingerprint density at radius 2 is 2.24 bits per heavy atom. The van der Waals surface area contributed by atoms with Crippen molar-refractivity contribution < 1.29 is 9.90 Å². The van der Waals surface area contributed by atoms with Crippen LogP contribution in [-0.2, 0) is 11.2 Å². The number of aromatic amines is 1. The lowest BCUT2D eigenvalue weighted by molar-refractivity contribution is -0.136. The van der Waals surface area contributed by atoms with Crippen molar-refractivity contribution >= 4 is 17.0 Å². The van der Waals surface area contributed by atoms with E-state index >= 15 is 0 Å². The lowest BCUT2D eigenvalue weighted by atomic mass is 10.1. The highest BCUT2D eigenvalue weighted by Crippen LogP contribution is 2.35. The van der Waals surface area contributed by atoms with Gasteiger partial charge < -0.3 is 10.1 Å². The second kappa shape index (κ2) is 3.48. The maximum absolute atomic E-state index is 11.7. The fourth-order valence-electron chi connectivity index (χ4n) is 2.15. The van der Waals surface area contributed by atoms with Gasteiger partial charge in [-0.05, 0) is 30.5 Å². The molecule has 0 saturated heterocycles. The zero-order valence-electron chi connectivity index (χ0n) is 9.14. The number of nitrogens with one attached hydrogen (secondary N) is 1. The minimum absolute atomic E-state index is 0.0139. The van der Waals surface area contributed by atoms with Crippen LogP contribution < -0.4 is 5.69 Å². The number of carboxylic acids is 1. The van der Waals surface area contributed by atoms with E-state index in [0.717, 1.165) is 29.4 Å². The minimum atomic E-state index is -0.861. The smallest absolute Gasteiger partial charge is 0.326 e. The highest BCUT2D eigenvalue weighted by atomic mass is 16.4. The van der Waals surface area contributed by atoms with Crippen LogP contribution in [0.25, 0.3) is 11.0 Å². The van der Waals surface area contributed by atoms with E-state index in [1.807, 2.05) is 0 Å². The molecule has 0 bridgehead atoms. The summed E-state index contributed by atoms with van der Waals surface area (Å²) < 4.78 is 1.74. The van der Waals surface area contributed by atoms with Crippen molar-refractivity contribution in [1.29, 1.82) is 0 Å². The van der Waals surface area contributed by atoms with Crippen LogP contribution in [0.1, 0.15) is 24.4 Å². The Kier molecular flexibility index (Phi) is 2.07. The van der Waals surface area contributed by atoms with Crippen molar-refractivity contribution in [3.8, 4) is 0 Å². The summed E-state index contributed by atoms with van der Waals surface area (Å²) in [6, 6.07) is 5.59. The second-order valence-electron chi connectivity index (χ2n) is 4.45. The Hall–Kier alpha value is -2.04. The topological polar surface area (TPSA) is 75.1 Å². The molecule has 1 aliphatic rings. The third-order valence-corrected chi connectivity index (χ3v) is 3.05. The van der Waals surface area contributed by atoms with Crippen molar-refractivity contribution in [3.05, 3.63) is 34.2 Å². The van der Waals surface area contributed by atoms with Crippen LogP contribution in [0, 0.1) is 0 Å². The van der Waals surface area contributed by atoms with Crippen LogP contribution in [0.15, 0.2) is 23.0 Å². The van der Waals surface area contributed by atoms with E-state index in [2.05, 4.69) is 4.98 Å². The molecule has 2 aromatic rings. The summed E-state index contributed by atoms with van der Waals surface area (Å²) in [6.07, 6.45) is 2.03. The number of aliphatic carboxylic acids is 1. The fourth-order valence-corrected chi connectivity index (χ4v) is 2.15. The average molecular weight is 232 g/mol. The molecule has 5 nitrogen and oxygen atoms in total. The summed E-state index contributed by atoms with van der Waals surface area (Å²) in [4.78, 5) is 25.2. The molecular formula is C12H12N2O3. The van der Waals surface area contributed by atoms with Gasteiger partial charge in [0.2, 0.25) is 0 Å². The minimum Gasteiger partial charge on any atom is -0.481 e. The predicted molar refractivity (Wildman–Crippen MR) is 62.2 cm³/mol. The van der Waals surface area contributed by atoms with Crippen molar-refractivity contribution in [2.24, 2.45) is 0 Å². The number of fused-ring (bicyclic) bond motifs is 1. The normalized spacial score (nSPS) is 15.3. The first-order valence-electron chi connectivity index (χ1n) is 5.60. The lowest BCUT2D eigenvalue weighted by Crippen LogP contribution is -2.15. The molecular weight excluding hydrogens is 220 g/mol. The van der Waals surface area contributed by atoms with E-state index < -0.39 is 5.97 Å². The van der Waals surface area contributed by atoms with Crippen LogP contribution in [0.4, 0.5) is 0 Å². The highest BCUT2D eigenvalue weighted by Gasteiger charge is 2.27. The molecule has 0 spiro atoms. The molecule has 0 atom stereocenters. The van der Waals surface area contributed by atoms with Crippen LogP contribution in [0.5, 0.6) is 0 Å². The molecule has 2 N–H and O–H groups in total. The van der Waals surface area contributed by atoms with Gasteiger partial charge in [-0.25, -0.2) is 4.79 Å². The number of hydrogen-bond donors (Lipinski definition) is 2. The Morgan fingerprint density at radius 3 is 2.88 bits per heavy atom. The van der Waals surface area contributed by atoms with Gasteiger partial charge in [-0.3, -0.25) is 9.36 Å². The lowest BCUT2D eigenvalue weighted by Gasteiger charge is -2.01. The van der Waals surface area contributed by atoms with Crippen LogP contribution in [0.3, 0.4) is 0 Å². The third-order valence-electron chi connectivity index (χ3n) is 3.05. The zero-order chi connectivity index (χ0) is 12.0. The third kappa shape index (κ3) is 1.73. The molecule has 1 aliphatic carbocycles. The van der Waals surface area contributed by atoms with Gasteiger partial charge in [-0.15, -0.1) is 0 Å². The molecule has 1 saturated carbocycles. The van der Waals surface area contributed by atoms with Gasteiger partial charge in [-0.2, -0.15) is 0 Å². The molecule has 0 aliphatic heterocycles. The Balaban J connectivity index is 2.16. The monoisotopic (exact) mass is 232 g/mol. The molecule has 88 valence electrons. The first-order valence-corrected chi connectivity index (χ1v) is 5.60. The van der Waals surface area contributed by atoms with Crippen LogP contribution in [-0.4, -0.2) is 20.6 Å². The standard InChI is InChI=1S/C12H12N2O3/c15-11(16)6-7-1-4-9-10(5-7)14(8-2-3-8)12(17)13-9/h1,4-5,8H,2-3,6H2,(H,13,17)(H,15,16). The van der Waals surface area contributed by atoms with E-state index in [9.17, 15) is 9.59 Å². The number of imidazole rings is 1. The number of carboxylic acid groups (broad SMARTS) is 1. The van der Waals surface area contributed by atoms with Crippen molar-refractivity contribution in [3.63, 3.8) is 0 Å². The summed E-state index contributed by atoms with van der Waals surface area (Å²) in [7, 11) is 0. The summed E-state index contributed by atoms with van der Waals surface area (Å²) in [6.45, 7) is 0. The van der Waals surface area contributed by atoms with Crippen molar-refractivity contribution in [2.45, 2.75) is 25.3 Å². The number of aromatic nitrogens is 2. The van der Waals surface area contributed by atoms with Crippen molar-refractivity contribution in [2.75, 3.05) is 0 Å². The molecule has 17 heavy (non-hydrogen) atoms. The van der Waals surface area contributed by atoms with Gasteiger partial charge in [0.25, 0.3) is 0 Å². The van der Waals surface area contributed by atoms with E-state index in [1.165, 1.54) is 0 Å². The molecule has 1 aromatic carbocycles. The molecule has 0 radical (unpaired) electrons. The van der Waals surface area contributed by atoms with Gasteiger partial charge in [-0.1, -0.05) is 6.07 Å². The molecule has 3 rings (SSSR count). The Morgan fingerprint density at radius 1 is 1.47 bits per heavy atom. The van der Waals surface area contributed by atoms with Gasteiger partial charge in [0.1, 0.15) is 0 Å². The molecule has 1 aromatic heterocycles. The Bertz CT molecular complexity index is 649. The van der Waals surface area contributed by atoms with E-state index in [1.54, 1.807) is 22.8 Å². The summed E-state index contributed by atoms with van der Waals surface area (Å²) in [5, 5.41) is 8.76. The van der Waals surface area contributed by atoms with Crippen LogP contribution >= 0.6 is 0 Å². The summed E-state index contributed by atoms with van der Waals surface area (Å²) in [5.41, 5.74) is 2.21. The predicted octanol–water partition coefficient (Wildman–Crippen LogP) is 1.29. The maximum Gasteiger partial charge on any atom is 0.326 e. The number of hydrogen-bond acceptors (Lipinski definition) is 2. The molecule has 1 heterocycles. The molecule has 1 fully saturated rings.